The van der Waals surface area contributed by atoms with Gasteiger partial charge in [-0.25, -0.2) is 9.36 Å². The zero-order chi connectivity index (χ0) is 15.7. The Hall–Kier alpha value is -1.62. The molecular formula is C14H20NO5P. The Morgan fingerprint density at radius 2 is 1.76 bits per heavy atom. The van der Waals surface area contributed by atoms with Crippen LogP contribution >= 0.6 is 7.75 Å². The number of carbonyl (C=O) groups excluding carboxylic acids is 1. The van der Waals surface area contributed by atoms with E-state index in [0.29, 0.717) is 5.56 Å². The van der Waals surface area contributed by atoms with E-state index in [-0.39, 0.29) is 18.8 Å². The SMILES string of the molecule is CCOP(=O)(N/C=C(\C(=O)OC)c1ccccc1)OCC. The van der Waals surface area contributed by atoms with Crippen molar-refractivity contribution in [1.82, 2.24) is 5.09 Å². The van der Waals surface area contributed by atoms with E-state index in [2.05, 4.69) is 5.09 Å². The molecule has 0 aromatic heterocycles. The van der Waals surface area contributed by atoms with Gasteiger partial charge in [-0.2, -0.15) is 0 Å². The molecule has 0 aliphatic carbocycles. The van der Waals surface area contributed by atoms with E-state index in [4.69, 9.17) is 13.8 Å². The van der Waals surface area contributed by atoms with Crippen molar-refractivity contribution in [2.75, 3.05) is 20.3 Å². The number of methoxy groups -OCH3 is 1. The molecule has 0 aliphatic heterocycles. The maximum atomic E-state index is 12.3. The minimum Gasteiger partial charge on any atom is -0.465 e. The van der Waals surface area contributed by atoms with Gasteiger partial charge >= 0.3 is 13.7 Å². The van der Waals surface area contributed by atoms with Crippen LogP contribution < -0.4 is 5.09 Å². The molecule has 0 heterocycles. The molecule has 0 saturated heterocycles. The van der Waals surface area contributed by atoms with Crippen molar-refractivity contribution in [3.8, 4) is 0 Å². The minimum absolute atomic E-state index is 0.219. The van der Waals surface area contributed by atoms with Crippen molar-refractivity contribution < 1.29 is 23.1 Å². The molecule has 0 saturated carbocycles. The highest BCUT2D eigenvalue weighted by Crippen LogP contribution is 2.43. The van der Waals surface area contributed by atoms with Gasteiger partial charge in [0.05, 0.1) is 25.9 Å². The first-order valence-electron chi connectivity index (χ1n) is 6.57. The van der Waals surface area contributed by atoms with Gasteiger partial charge in [-0.3, -0.25) is 14.1 Å². The number of ether oxygens (including phenoxy) is 1. The zero-order valence-electron chi connectivity index (χ0n) is 12.4. The second-order valence-corrected chi connectivity index (χ2v) is 5.65. The third-order valence-corrected chi connectivity index (χ3v) is 4.10. The number of rotatable bonds is 8. The van der Waals surface area contributed by atoms with E-state index in [9.17, 15) is 9.36 Å². The number of carbonyl (C=O) groups is 1. The number of nitrogens with one attached hydrogen (secondary N) is 1. The van der Waals surface area contributed by atoms with Gasteiger partial charge < -0.3 is 4.74 Å². The van der Waals surface area contributed by atoms with Gasteiger partial charge in [0.2, 0.25) is 0 Å². The average Bonchev–Trinajstić information content (AvgIpc) is 2.48. The van der Waals surface area contributed by atoms with Crippen LogP contribution in [0.5, 0.6) is 0 Å². The summed E-state index contributed by atoms with van der Waals surface area (Å²) in [5.41, 5.74) is 0.870. The van der Waals surface area contributed by atoms with Gasteiger partial charge in [-0.15, -0.1) is 0 Å². The Labute approximate surface area is 124 Å². The Kier molecular flexibility index (Phi) is 7.15. The van der Waals surface area contributed by atoms with Gasteiger partial charge in [0.15, 0.2) is 0 Å². The normalized spacial score (nSPS) is 12.0. The van der Waals surface area contributed by atoms with Crippen molar-refractivity contribution in [3.05, 3.63) is 42.1 Å². The molecule has 1 aromatic carbocycles. The fourth-order valence-electron chi connectivity index (χ4n) is 1.58. The van der Waals surface area contributed by atoms with E-state index < -0.39 is 13.7 Å². The summed E-state index contributed by atoms with van der Waals surface area (Å²) < 4.78 is 27.2. The average molecular weight is 313 g/mol. The number of esters is 1. The number of hydrogen-bond acceptors (Lipinski definition) is 5. The van der Waals surface area contributed by atoms with Crippen LogP contribution in [0.2, 0.25) is 0 Å². The predicted molar refractivity (Wildman–Crippen MR) is 80.4 cm³/mol. The molecule has 0 radical (unpaired) electrons. The third-order valence-electron chi connectivity index (χ3n) is 2.46. The van der Waals surface area contributed by atoms with Crippen LogP contribution in [0.4, 0.5) is 0 Å². The Morgan fingerprint density at radius 3 is 2.24 bits per heavy atom. The molecule has 0 fully saturated rings. The van der Waals surface area contributed by atoms with Crippen molar-refractivity contribution in [1.29, 1.82) is 0 Å². The molecule has 1 rings (SSSR count). The second-order valence-electron chi connectivity index (χ2n) is 3.88. The summed E-state index contributed by atoms with van der Waals surface area (Å²) in [6, 6.07) is 8.90. The van der Waals surface area contributed by atoms with Crippen LogP contribution in [0.1, 0.15) is 19.4 Å². The van der Waals surface area contributed by atoms with Crippen LogP contribution in [0.25, 0.3) is 5.57 Å². The summed E-state index contributed by atoms with van der Waals surface area (Å²) >= 11 is 0. The molecule has 1 N–H and O–H groups in total. The second kappa shape index (κ2) is 8.62. The quantitative estimate of drug-likeness (QED) is 0.452. The van der Waals surface area contributed by atoms with Crippen LogP contribution in [0, 0.1) is 0 Å². The molecule has 7 heteroatoms. The summed E-state index contributed by atoms with van der Waals surface area (Å²) in [6.07, 6.45) is 1.30. The van der Waals surface area contributed by atoms with E-state index in [1.165, 1.54) is 13.3 Å². The van der Waals surface area contributed by atoms with Gasteiger partial charge in [0.1, 0.15) is 0 Å². The Morgan fingerprint density at radius 1 is 1.19 bits per heavy atom. The lowest BCUT2D eigenvalue weighted by Gasteiger charge is -2.17. The van der Waals surface area contributed by atoms with Crippen molar-refractivity contribution >= 4 is 19.3 Å². The molecule has 1 aromatic rings. The van der Waals surface area contributed by atoms with E-state index >= 15 is 0 Å². The fourth-order valence-corrected chi connectivity index (χ4v) is 2.77. The highest BCUT2D eigenvalue weighted by atomic mass is 31.2. The Balaban J connectivity index is 3.04. The van der Waals surface area contributed by atoms with Gasteiger partial charge in [0.25, 0.3) is 0 Å². The van der Waals surface area contributed by atoms with Crippen molar-refractivity contribution in [3.63, 3.8) is 0 Å². The maximum Gasteiger partial charge on any atom is 0.432 e. The van der Waals surface area contributed by atoms with Crippen LogP contribution in [-0.2, 0) is 23.1 Å². The summed E-state index contributed by atoms with van der Waals surface area (Å²) in [5.74, 6) is -0.548. The first-order chi connectivity index (χ1) is 10.1. The summed E-state index contributed by atoms with van der Waals surface area (Å²) in [5, 5.41) is 2.56. The molecular weight excluding hydrogens is 293 g/mol. The van der Waals surface area contributed by atoms with E-state index in [1.54, 1.807) is 38.1 Å². The van der Waals surface area contributed by atoms with Gasteiger partial charge in [-0.05, 0) is 19.4 Å². The van der Waals surface area contributed by atoms with Crippen LogP contribution in [-0.4, -0.2) is 26.3 Å². The third kappa shape index (κ3) is 5.34. The summed E-state index contributed by atoms with van der Waals surface area (Å²) in [4.78, 5) is 11.8. The number of hydrogen-bond donors (Lipinski definition) is 1. The largest absolute Gasteiger partial charge is 0.465 e. The molecule has 116 valence electrons. The molecule has 21 heavy (non-hydrogen) atoms. The van der Waals surface area contributed by atoms with Crippen molar-refractivity contribution in [2.45, 2.75) is 13.8 Å². The first kappa shape index (κ1) is 17.4. The monoisotopic (exact) mass is 313 g/mol. The molecule has 0 bridgehead atoms. The highest BCUT2D eigenvalue weighted by molar-refractivity contribution is 7.51. The number of benzene rings is 1. The zero-order valence-corrected chi connectivity index (χ0v) is 13.3. The standard InChI is InChI=1S/C14H20NO5P/c1-4-19-21(17,20-5-2)15-11-13(14(16)18-3)12-9-7-6-8-10-12/h6-11H,4-5H2,1-3H3,(H,15,17)/b13-11-. The van der Waals surface area contributed by atoms with Gasteiger partial charge in [-0.1, -0.05) is 30.3 Å². The van der Waals surface area contributed by atoms with E-state index in [1.807, 2.05) is 6.07 Å². The molecule has 0 amide bonds. The maximum absolute atomic E-state index is 12.3. The van der Waals surface area contributed by atoms with Gasteiger partial charge in [0, 0.05) is 6.20 Å². The van der Waals surface area contributed by atoms with E-state index in [0.717, 1.165) is 0 Å². The topological polar surface area (TPSA) is 73.9 Å². The molecule has 0 spiro atoms. The Bertz CT molecular complexity index is 519. The van der Waals surface area contributed by atoms with Crippen molar-refractivity contribution in [2.24, 2.45) is 0 Å². The summed E-state index contributed by atoms with van der Waals surface area (Å²) in [6.45, 7) is 3.85. The predicted octanol–water partition coefficient (Wildman–Crippen LogP) is 2.97. The van der Waals surface area contributed by atoms with Crippen LogP contribution in [0.15, 0.2) is 36.5 Å². The smallest absolute Gasteiger partial charge is 0.432 e. The highest BCUT2D eigenvalue weighted by Gasteiger charge is 2.23. The lowest BCUT2D eigenvalue weighted by Crippen LogP contribution is -2.12. The van der Waals surface area contributed by atoms with Crippen LogP contribution in [0.3, 0.4) is 0 Å². The lowest BCUT2D eigenvalue weighted by molar-refractivity contribution is -0.133. The fraction of sp³-hybridized carbons (Fsp3) is 0.357. The minimum atomic E-state index is -3.48. The summed E-state index contributed by atoms with van der Waals surface area (Å²) in [7, 11) is -2.20. The molecule has 0 aliphatic rings. The molecule has 0 atom stereocenters. The lowest BCUT2D eigenvalue weighted by atomic mass is 10.1. The molecule has 6 nitrogen and oxygen atoms in total. The molecule has 0 unspecified atom stereocenters. The first-order valence-corrected chi connectivity index (χ1v) is 8.11.